The van der Waals surface area contributed by atoms with E-state index < -0.39 is 35.8 Å². The van der Waals surface area contributed by atoms with E-state index in [-0.39, 0.29) is 11.6 Å². The number of amides is 1. The van der Waals surface area contributed by atoms with Crippen molar-refractivity contribution in [2.75, 3.05) is 19.0 Å². The Morgan fingerprint density at radius 1 is 1.06 bits per heavy atom. The summed E-state index contributed by atoms with van der Waals surface area (Å²) in [5, 5.41) is 2.74. The van der Waals surface area contributed by atoms with Crippen LogP contribution >= 0.6 is 11.3 Å². The molecule has 0 saturated heterocycles. The highest BCUT2D eigenvalue weighted by Gasteiger charge is 2.29. The summed E-state index contributed by atoms with van der Waals surface area (Å²) in [7, 11) is 1.20. The van der Waals surface area contributed by atoms with E-state index in [2.05, 4.69) is 15.0 Å². The predicted molar refractivity (Wildman–Crippen MR) is 120 cm³/mol. The Labute approximate surface area is 188 Å². The number of ketones is 2. The molecule has 1 heterocycles. The van der Waals surface area contributed by atoms with E-state index >= 15 is 0 Å². The van der Waals surface area contributed by atoms with Crippen molar-refractivity contribution in [2.24, 2.45) is 5.92 Å². The summed E-state index contributed by atoms with van der Waals surface area (Å²) < 4.78 is 10.9. The number of nitrogens with one attached hydrogen (secondary N) is 1. The number of thiazole rings is 1. The van der Waals surface area contributed by atoms with Gasteiger partial charge in [0.1, 0.15) is 5.75 Å². The maximum Gasteiger partial charge on any atom is 0.306 e. The number of fused-ring (bicyclic) bond motifs is 1. The average Bonchev–Trinajstić information content (AvgIpc) is 3.20. The number of rotatable bonds is 10. The SMILES string of the molecule is CCOc1ccc2nc(NC(=O)C(=O)CC(CC(=O)OC)C(=O)c3ccccc3)sc2c1. The van der Waals surface area contributed by atoms with Gasteiger partial charge in [-0.15, -0.1) is 0 Å². The zero-order valence-corrected chi connectivity index (χ0v) is 18.4. The summed E-state index contributed by atoms with van der Waals surface area (Å²) in [6.07, 6.45) is -0.724. The Kier molecular flexibility index (Phi) is 7.67. The minimum absolute atomic E-state index is 0.255. The number of anilines is 1. The molecule has 1 N–H and O–H groups in total. The van der Waals surface area contributed by atoms with Crippen LogP contribution in [0, 0.1) is 5.92 Å². The molecule has 0 bridgehead atoms. The van der Waals surface area contributed by atoms with E-state index in [1.165, 1.54) is 18.4 Å². The molecule has 0 spiro atoms. The fourth-order valence-corrected chi connectivity index (χ4v) is 3.97. The van der Waals surface area contributed by atoms with Crippen molar-refractivity contribution in [3.8, 4) is 5.75 Å². The van der Waals surface area contributed by atoms with Crippen LogP contribution in [0.3, 0.4) is 0 Å². The number of hydrogen-bond donors (Lipinski definition) is 1. The third kappa shape index (κ3) is 5.76. The van der Waals surface area contributed by atoms with Crippen LogP contribution in [0.25, 0.3) is 10.2 Å². The van der Waals surface area contributed by atoms with Gasteiger partial charge in [-0.05, 0) is 25.1 Å². The summed E-state index contributed by atoms with van der Waals surface area (Å²) in [6, 6.07) is 13.6. The van der Waals surface area contributed by atoms with Gasteiger partial charge in [0.15, 0.2) is 10.9 Å². The van der Waals surface area contributed by atoms with Gasteiger partial charge in [0.25, 0.3) is 5.91 Å². The second-order valence-electron chi connectivity index (χ2n) is 6.87. The summed E-state index contributed by atoms with van der Waals surface area (Å²) in [5.41, 5.74) is 1.01. The standard InChI is InChI=1S/C23H22N2O6S/c1-3-31-16-9-10-17-19(13-16)32-23(24-17)25-22(29)18(26)11-15(12-20(27)30-2)21(28)14-7-5-4-6-8-14/h4-10,13,15H,3,11-12H2,1-2H3,(H,24,25,29). The van der Waals surface area contributed by atoms with E-state index in [1.807, 2.05) is 6.92 Å². The highest BCUT2D eigenvalue weighted by molar-refractivity contribution is 7.22. The topological polar surface area (TPSA) is 112 Å². The summed E-state index contributed by atoms with van der Waals surface area (Å²) in [5.74, 6) is -3.08. The van der Waals surface area contributed by atoms with Gasteiger partial charge in [-0.2, -0.15) is 0 Å². The molecule has 0 aliphatic rings. The lowest BCUT2D eigenvalue weighted by Gasteiger charge is -2.14. The molecule has 1 amide bonds. The zero-order valence-electron chi connectivity index (χ0n) is 17.6. The number of carbonyl (C=O) groups excluding carboxylic acids is 4. The van der Waals surface area contributed by atoms with Gasteiger partial charge in [-0.3, -0.25) is 24.5 Å². The fraction of sp³-hybridized carbons (Fsp3) is 0.261. The lowest BCUT2D eigenvalue weighted by molar-refractivity contribution is -0.142. The van der Waals surface area contributed by atoms with Crippen LogP contribution < -0.4 is 10.1 Å². The number of hydrogen-bond acceptors (Lipinski definition) is 8. The molecule has 0 radical (unpaired) electrons. The Bertz CT molecular complexity index is 1140. The molecule has 32 heavy (non-hydrogen) atoms. The van der Waals surface area contributed by atoms with E-state index in [0.29, 0.717) is 23.4 Å². The molecular formula is C23H22N2O6S. The third-order valence-electron chi connectivity index (χ3n) is 4.65. The molecule has 1 atom stereocenters. The van der Waals surface area contributed by atoms with Crippen LogP contribution in [0.4, 0.5) is 5.13 Å². The Hall–Kier alpha value is -3.59. The van der Waals surface area contributed by atoms with Crippen LogP contribution in [0.2, 0.25) is 0 Å². The molecule has 0 saturated carbocycles. The smallest absolute Gasteiger partial charge is 0.306 e. The molecule has 0 aliphatic heterocycles. The van der Waals surface area contributed by atoms with Crippen molar-refractivity contribution in [1.29, 1.82) is 0 Å². The van der Waals surface area contributed by atoms with Gasteiger partial charge in [0.05, 0.1) is 30.4 Å². The number of carbonyl (C=O) groups is 4. The molecule has 0 aliphatic carbocycles. The van der Waals surface area contributed by atoms with Crippen molar-refractivity contribution in [1.82, 2.24) is 4.98 Å². The van der Waals surface area contributed by atoms with Gasteiger partial charge >= 0.3 is 5.97 Å². The number of Topliss-reactive ketones (excluding diaryl/α,β-unsaturated/α-hetero) is 2. The number of aromatic nitrogens is 1. The second kappa shape index (κ2) is 10.6. The van der Waals surface area contributed by atoms with Crippen molar-refractivity contribution in [3.63, 3.8) is 0 Å². The second-order valence-corrected chi connectivity index (χ2v) is 7.90. The first kappa shape index (κ1) is 23.1. The monoisotopic (exact) mass is 454 g/mol. The maximum atomic E-state index is 12.8. The summed E-state index contributed by atoms with van der Waals surface area (Å²) in [4.78, 5) is 53.9. The third-order valence-corrected chi connectivity index (χ3v) is 5.58. The maximum absolute atomic E-state index is 12.8. The number of nitrogens with zero attached hydrogens (tertiary/aromatic N) is 1. The Balaban J connectivity index is 1.71. The molecule has 0 fully saturated rings. The van der Waals surface area contributed by atoms with Crippen LogP contribution in [0.1, 0.15) is 30.1 Å². The quantitative estimate of drug-likeness (QED) is 0.283. The van der Waals surface area contributed by atoms with E-state index in [9.17, 15) is 19.2 Å². The molecule has 3 aromatic rings. The molecule has 9 heteroatoms. The lowest BCUT2D eigenvalue weighted by Crippen LogP contribution is -2.29. The fourth-order valence-electron chi connectivity index (χ4n) is 3.08. The van der Waals surface area contributed by atoms with Gasteiger partial charge in [-0.1, -0.05) is 41.7 Å². The van der Waals surface area contributed by atoms with Crippen molar-refractivity contribution >= 4 is 50.1 Å². The molecular weight excluding hydrogens is 432 g/mol. The number of ether oxygens (including phenoxy) is 2. The van der Waals surface area contributed by atoms with Crippen LogP contribution in [-0.2, 0) is 19.1 Å². The predicted octanol–water partition coefficient (Wildman–Crippen LogP) is 3.65. The molecule has 8 nitrogen and oxygen atoms in total. The largest absolute Gasteiger partial charge is 0.494 e. The Morgan fingerprint density at radius 2 is 1.81 bits per heavy atom. The van der Waals surface area contributed by atoms with Crippen LogP contribution in [0.15, 0.2) is 48.5 Å². The molecule has 2 aromatic carbocycles. The Morgan fingerprint density at radius 3 is 2.50 bits per heavy atom. The van der Waals surface area contributed by atoms with Crippen LogP contribution in [0.5, 0.6) is 5.75 Å². The average molecular weight is 455 g/mol. The van der Waals surface area contributed by atoms with Gasteiger partial charge in [0.2, 0.25) is 5.78 Å². The van der Waals surface area contributed by atoms with Crippen molar-refractivity contribution in [3.05, 3.63) is 54.1 Å². The normalized spacial score (nSPS) is 11.6. The van der Waals surface area contributed by atoms with Gasteiger partial charge in [0, 0.05) is 17.9 Å². The highest BCUT2D eigenvalue weighted by atomic mass is 32.1. The number of benzene rings is 2. The van der Waals surface area contributed by atoms with Crippen LogP contribution in [-0.4, -0.2) is 42.1 Å². The summed E-state index contributed by atoms with van der Waals surface area (Å²) >= 11 is 1.20. The lowest BCUT2D eigenvalue weighted by atomic mass is 9.90. The first-order chi connectivity index (χ1) is 15.4. The van der Waals surface area contributed by atoms with E-state index in [4.69, 9.17) is 4.74 Å². The zero-order chi connectivity index (χ0) is 23.1. The molecule has 1 unspecified atom stereocenters. The van der Waals surface area contributed by atoms with Crippen molar-refractivity contribution < 1.29 is 28.7 Å². The van der Waals surface area contributed by atoms with Gasteiger partial charge < -0.3 is 9.47 Å². The molecule has 1 aromatic heterocycles. The number of esters is 1. The summed E-state index contributed by atoms with van der Waals surface area (Å²) in [6.45, 7) is 2.40. The van der Waals surface area contributed by atoms with Crippen molar-refractivity contribution in [2.45, 2.75) is 19.8 Å². The molecule has 166 valence electrons. The first-order valence-electron chi connectivity index (χ1n) is 9.95. The molecule has 3 rings (SSSR count). The van der Waals surface area contributed by atoms with E-state index in [1.54, 1.807) is 48.5 Å². The minimum Gasteiger partial charge on any atom is -0.494 e. The van der Waals surface area contributed by atoms with E-state index in [0.717, 1.165) is 4.70 Å². The first-order valence-corrected chi connectivity index (χ1v) is 10.8. The number of methoxy groups -OCH3 is 1. The minimum atomic E-state index is -1.01. The highest BCUT2D eigenvalue weighted by Crippen LogP contribution is 2.29. The van der Waals surface area contributed by atoms with Gasteiger partial charge in [-0.25, -0.2) is 4.98 Å².